The minimum atomic E-state index is -3.65. The molecule has 0 aromatic heterocycles. The molecule has 0 spiro atoms. The highest BCUT2D eigenvalue weighted by Crippen LogP contribution is 2.28. The predicted molar refractivity (Wildman–Crippen MR) is 92.9 cm³/mol. The second-order valence-electron chi connectivity index (χ2n) is 6.25. The lowest BCUT2D eigenvalue weighted by atomic mass is 9.80. The normalized spacial score (nSPS) is 20.2. The minimum absolute atomic E-state index is 0.126. The fourth-order valence-corrected chi connectivity index (χ4v) is 4.64. The van der Waals surface area contributed by atoms with Gasteiger partial charge in [0.15, 0.2) is 0 Å². The van der Waals surface area contributed by atoms with E-state index in [-0.39, 0.29) is 22.4 Å². The maximum atomic E-state index is 12.7. The summed E-state index contributed by atoms with van der Waals surface area (Å²) in [5.74, 6) is -1.65. The SMILES string of the molecule is CCN(CC)S(=O)(=O)c1cc(C(=O)NC2CC(C(=O)O)C2)ccc1C. The van der Waals surface area contributed by atoms with E-state index in [0.29, 0.717) is 31.5 Å². The molecule has 7 nitrogen and oxygen atoms in total. The van der Waals surface area contributed by atoms with Crippen LogP contribution in [0.1, 0.15) is 42.6 Å². The van der Waals surface area contributed by atoms with Gasteiger partial charge in [-0.15, -0.1) is 0 Å². The van der Waals surface area contributed by atoms with Crippen molar-refractivity contribution in [3.63, 3.8) is 0 Å². The molecule has 1 aliphatic rings. The first-order valence-electron chi connectivity index (χ1n) is 8.35. The largest absolute Gasteiger partial charge is 0.481 e. The lowest BCUT2D eigenvalue weighted by Gasteiger charge is -2.32. The number of carboxylic acids is 1. The van der Waals surface area contributed by atoms with Crippen molar-refractivity contribution >= 4 is 21.9 Å². The Hall–Kier alpha value is -1.93. The highest BCUT2D eigenvalue weighted by atomic mass is 32.2. The summed E-state index contributed by atoms with van der Waals surface area (Å²) in [5, 5.41) is 11.6. The number of hydrogen-bond donors (Lipinski definition) is 2. The van der Waals surface area contributed by atoms with Crippen LogP contribution in [0.25, 0.3) is 0 Å². The van der Waals surface area contributed by atoms with Crippen molar-refractivity contribution in [1.29, 1.82) is 0 Å². The van der Waals surface area contributed by atoms with Crippen LogP contribution in [0, 0.1) is 12.8 Å². The molecule has 25 heavy (non-hydrogen) atoms. The van der Waals surface area contributed by atoms with Crippen LogP contribution in [0.5, 0.6) is 0 Å². The van der Waals surface area contributed by atoms with Crippen molar-refractivity contribution in [2.45, 2.75) is 44.6 Å². The number of aliphatic carboxylic acids is 1. The summed E-state index contributed by atoms with van der Waals surface area (Å²) in [6.45, 7) is 5.94. The molecule has 1 aromatic carbocycles. The molecule has 0 bridgehead atoms. The fourth-order valence-electron chi connectivity index (χ4n) is 2.93. The molecule has 2 rings (SSSR count). The van der Waals surface area contributed by atoms with Crippen LogP contribution in [0.4, 0.5) is 0 Å². The second-order valence-corrected chi connectivity index (χ2v) is 8.15. The quantitative estimate of drug-likeness (QED) is 0.761. The smallest absolute Gasteiger partial charge is 0.306 e. The number of carbonyl (C=O) groups excluding carboxylic acids is 1. The Kier molecular flexibility index (Phi) is 5.84. The molecule has 1 fully saturated rings. The highest BCUT2D eigenvalue weighted by Gasteiger charge is 2.35. The third-order valence-corrected chi connectivity index (χ3v) is 6.79. The molecule has 1 amide bonds. The molecule has 0 unspecified atom stereocenters. The van der Waals surface area contributed by atoms with Crippen LogP contribution in [0.15, 0.2) is 23.1 Å². The van der Waals surface area contributed by atoms with Gasteiger partial charge in [-0.1, -0.05) is 19.9 Å². The van der Waals surface area contributed by atoms with E-state index in [1.54, 1.807) is 32.9 Å². The fraction of sp³-hybridized carbons (Fsp3) is 0.529. The van der Waals surface area contributed by atoms with Crippen molar-refractivity contribution < 1.29 is 23.1 Å². The minimum Gasteiger partial charge on any atom is -0.481 e. The summed E-state index contributed by atoms with van der Waals surface area (Å²) in [4.78, 5) is 23.3. The Bertz CT molecular complexity index is 765. The van der Waals surface area contributed by atoms with Crippen molar-refractivity contribution in [3.05, 3.63) is 29.3 Å². The number of rotatable bonds is 7. The molecular weight excluding hydrogens is 344 g/mol. The Morgan fingerprint density at radius 3 is 2.36 bits per heavy atom. The average Bonchev–Trinajstić information content (AvgIpc) is 2.50. The van der Waals surface area contributed by atoms with Gasteiger partial charge in [-0.05, 0) is 37.5 Å². The number of carbonyl (C=O) groups is 2. The second kappa shape index (κ2) is 7.53. The highest BCUT2D eigenvalue weighted by molar-refractivity contribution is 7.89. The number of sulfonamides is 1. The summed E-state index contributed by atoms with van der Waals surface area (Å²) >= 11 is 0. The van der Waals surface area contributed by atoms with Crippen molar-refractivity contribution in [3.8, 4) is 0 Å². The zero-order valence-corrected chi connectivity index (χ0v) is 15.5. The van der Waals surface area contributed by atoms with Crippen molar-refractivity contribution in [2.24, 2.45) is 5.92 Å². The van der Waals surface area contributed by atoms with E-state index in [0.717, 1.165) is 0 Å². The Labute approximate surface area is 148 Å². The van der Waals surface area contributed by atoms with E-state index < -0.39 is 21.9 Å². The zero-order chi connectivity index (χ0) is 18.8. The number of benzene rings is 1. The van der Waals surface area contributed by atoms with Crippen molar-refractivity contribution in [1.82, 2.24) is 9.62 Å². The lowest BCUT2D eigenvalue weighted by Crippen LogP contribution is -2.46. The maximum Gasteiger partial charge on any atom is 0.306 e. The van der Waals surface area contributed by atoms with E-state index >= 15 is 0 Å². The van der Waals surface area contributed by atoms with Crippen LogP contribution in [0.3, 0.4) is 0 Å². The van der Waals surface area contributed by atoms with Gasteiger partial charge >= 0.3 is 5.97 Å². The molecule has 1 aliphatic carbocycles. The monoisotopic (exact) mass is 368 g/mol. The number of hydrogen-bond acceptors (Lipinski definition) is 4. The molecule has 2 N–H and O–H groups in total. The summed E-state index contributed by atoms with van der Waals surface area (Å²) in [5.41, 5.74) is 0.841. The third kappa shape index (κ3) is 4.01. The molecule has 0 aliphatic heterocycles. The van der Waals surface area contributed by atoms with E-state index in [1.807, 2.05) is 0 Å². The first-order valence-corrected chi connectivity index (χ1v) is 9.79. The standard InChI is InChI=1S/C17H24N2O5S/c1-4-19(5-2)25(23,24)15-10-12(7-6-11(15)3)16(20)18-14-8-13(9-14)17(21)22/h6-7,10,13-14H,4-5,8-9H2,1-3H3,(H,18,20)(H,21,22). The molecule has 0 radical (unpaired) electrons. The van der Waals surface area contributed by atoms with E-state index in [4.69, 9.17) is 5.11 Å². The lowest BCUT2D eigenvalue weighted by molar-refractivity contribution is -0.145. The molecular formula is C17H24N2O5S. The molecule has 1 saturated carbocycles. The number of aryl methyl sites for hydroxylation is 1. The van der Waals surface area contributed by atoms with Crippen LogP contribution >= 0.6 is 0 Å². The molecule has 0 atom stereocenters. The van der Waals surface area contributed by atoms with Gasteiger partial charge in [-0.25, -0.2) is 8.42 Å². The number of carboxylic acid groups (broad SMARTS) is 1. The van der Waals surface area contributed by atoms with Gasteiger partial charge in [0.25, 0.3) is 5.91 Å². The molecule has 0 heterocycles. The van der Waals surface area contributed by atoms with Crippen LogP contribution in [-0.2, 0) is 14.8 Å². The van der Waals surface area contributed by atoms with E-state index in [2.05, 4.69) is 5.32 Å². The zero-order valence-electron chi connectivity index (χ0n) is 14.7. The summed E-state index contributed by atoms with van der Waals surface area (Å²) in [6.07, 6.45) is 0.801. The summed E-state index contributed by atoms with van der Waals surface area (Å²) < 4.78 is 26.8. The average molecular weight is 368 g/mol. The first kappa shape index (κ1) is 19.4. The van der Waals surface area contributed by atoms with Gasteiger partial charge in [0, 0.05) is 24.7 Å². The maximum absolute atomic E-state index is 12.7. The Morgan fingerprint density at radius 1 is 1.24 bits per heavy atom. The van der Waals surface area contributed by atoms with Gasteiger partial charge in [0.1, 0.15) is 0 Å². The topological polar surface area (TPSA) is 104 Å². The van der Waals surface area contributed by atoms with Crippen LogP contribution in [0.2, 0.25) is 0 Å². The van der Waals surface area contributed by atoms with Crippen LogP contribution < -0.4 is 5.32 Å². The number of nitrogens with zero attached hydrogens (tertiary/aromatic N) is 1. The van der Waals surface area contributed by atoms with Gasteiger partial charge in [0.2, 0.25) is 10.0 Å². The van der Waals surface area contributed by atoms with Gasteiger partial charge < -0.3 is 10.4 Å². The molecule has 8 heteroatoms. The van der Waals surface area contributed by atoms with Gasteiger partial charge in [0.05, 0.1) is 10.8 Å². The van der Waals surface area contributed by atoms with Crippen LogP contribution in [-0.4, -0.2) is 48.8 Å². The Morgan fingerprint density at radius 2 is 1.84 bits per heavy atom. The van der Waals surface area contributed by atoms with E-state index in [1.165, 1.54) is 10.4 Å². The first-order chi connectivity index (χ1) is 11.7. The number of amides is 1. The van der Waals surface area contributed by atoms with Gasteiger partial charge in [-0.2, -0.15) is 4.31 Å². The van der Waals surface area contributed by atoms with E-state index in [9.17, 15) is 18.0 Å². The van der Waals surface area contributed by atoms with Crippen molar-refractivity contribution in [2.75, 3.05) is 13.1 Å². The molecule has 138 valence electrons. The Balaban J connectivity index is 2.19. The third-order valence-electron chi connectivity index (χ3n) is 4.60. The predicted octanol–water partition coefficient (Wildman–Crippen LogP) is 1.62. The molecule has 0 saturated heterocycles. The van der Waals surface area contributed by atoms with Gasteiger partial charge in [-0.3, -0.25) is 9.59 Å². The summed E-state index contributed by atoms with van der Waals surface area (Å²) in [6, 6.07) is 4.41. The summed E-state index contributed by atoms with van der Waals surface area (Å²) in [7, 11) is -3.65. The number of nitrogens with one attached hydrogen (secondary N) is 1. The molecule has 1 aromatic rings.